The number of hydrogen-bond donors (Lipinski definition) is 4. The molecule has 2 aliphatic heterocycles. The number of carbonyl (C=O) groups is 2. The minimum absolute atomic E-state index is 0.0234. The van der Waals surface area contributed by atoms with Crippen LogP contribution < -0.4 is 26.5 Å². The fourth-order valence-electron chi connectivity index (χ4n) is 8.27. The van der Waals surface area contributed by atoms with E-state index in [1.54, 1.807) is 17.9 Å². The highest BCUT2D eigenvalue weighted by Crippen LogP contribution is 2.35. The standard InChI is InChI=1S/C40H47F2N11O5/c1-49-35-26(7-5-8-30(35)53(40(49)57)31-13-14-33(54)47-39(31)56)6-3-2-4-16-43-22-25-9-11-27(12-10-25)52-24-29(34(48-52)36(41)42)45-38(55)28-23-44-51-17-15-32(46-37(28)51)50-18-20-58-21-19-50/h5,7-8,15,17,23-25,27,31,33,36,43,54H,2,4,9-14,16,18-22H2,1H3,(H,45,55)(H,47,56)/t25-,27-,31?,33?. The lowest BCUT2D eigenvalue weighted by Crippen LogP contribution is -2.46. The summed E-state index contributed by atoms with van der Waals surface area (Å²) in [5, 5.41) is 27.0. The molecule has 306 valence electrons. The van der Waals surface area contributed by atoms with Gasteiger partial charge in [-0.3, -0.25) is 23.4 Å². The number of hydrogen-bond acceptors (Lipinski definition) is 10. The van der Waals surface area contributed by atoms with E-state index in [1.165, 1.54) is 26.0 Å². The molecule has 4 aromatic heterocycles. The molecule has 1 saturated carbocycles. The van der Waals surface area contributed by atoms with Crippen LogP contribution in [0.1, 0.15) is 91.5 Å². The zero-order chi connectivity index (χ0) is 40.3. The molecule has 16 nitrogen and oxygen atoms in total. The molecule has 0 bridgehead atoms. The number of aromatic nitrogens is 7. The zero-order valence-electron chi connectivity index (χ0n) is 32.2. The Morgan fingerprint density at radius 3 is 2.69 bits per heavy atom. The van der Waals surface area contributed by atoms with Crippen molar-refractivity contribution in [3.63, 3.8) is 0 Å². The summed E-state index contributed by atoms with van der Waals surface area (Å²) in [6.07, 6.45) is 6.46. The smallest absolute Gasteiger partial charge is 0.329 e. The Morgan fingerprint density at radius 1 is 1.10 bits per heavy atom. The summed E-state index contributed by atoms with van der Waals surface area (Å²) in [7, 11) is 1.68. The number of para-hydroxylation sites is 1. The molecule has 18 heteroatoms. The van der Waals surface area contributed by atoms with Crippen molar-refractivity contribution in [2.24, 2.45) is 13.0 Å². The number of nitrogens with one attached hydrogen (secondary N) is 3. The third-order valence-corrected chi connectivity index (χ3v) is 11.4. The van der Waals surface area contributed by atoms with Gasteiger partial charge >= 0.3 is 5.69 Å². The lowest BCUT2D eigenvalue weighted by atomic mass is 9.86. The van der Waals surface area contributed by atoms with Crippen molar-refractivity contribution in [1.29, 1.82) is 0 Å². The SMILES string of the molecule is Cn1c(=O)n(C2CCC(O)NC2=O)c2cccc(C#CCCCNC[C@H]3CC[C@H](n4cc(NC(=O)c5cnn6ccc(N7CCOCC7)nc56)c(C(F)F)n4)CC3)c21. The first-order valence-corrected chi connectivity index (χ1v) is 19.9. The van der Waals surface area contributed by atoms with Crippen molar-refractivity contribution in [2.75, 3.05) is 49.6 Å². The van der Waals surface area contributed by atoms with Gasteiger partial charge in [0.1, 0.15) is 23.7 Å². The van der Waals surface area contributed by atoms with Gasteiger partial charge in [0, 0.05) is 39.0 Å². The van der Waals surface area contributed by atoms with Crippen LogP contribution >= 0.6 is 0 Å². The van der Waals surface area contributed by atoms with Crippen LogP contribution in [0.4, 0.5) is 20.3 Å². The molecule has 2 unspecified atom stereocenters. The average molecular weight is 800 g/mol. The van der Waals surface area contributed by atoms with Crippen LogP contribution in [-0.4, -0.2) is 96.1 Å². The van der Waals surface area contributed by atoms with Crippen molar-refractivity contribution < 1.29 is 28.2 Å². The average Bonchev–Trinajstić information content (AvgIpc) is 3.92. The van der Waals surface area contributed by atoms with Crippen molar-refractivity contribution in [3.05, 3.63) is 70.2 Å². The van der Waals surface area contributed by atoms with Gasteiger partial charge in [-0.2, -0.15) is 10.2 Å². The number of nitrogens with zero attached hydrogens (tertiary/aromatic N) is 8. The van der Waals surface area contributed by atoms with E-state index in [0.29, 0.717) is 79.5 Å². The van der Waals surface area contributed by atoms with E-state index >= 15 is 0 Å². The minimum Gasteiger partial charge on any atom is -0.378 e. The van der Waals surface area contributed by atoms with Crippen molar-refractivity contribution >= 4 is 40.0 Å². The number of benzene rings is 1. The predicted octanol–water partition coefficient (Wildman–Crippen LogP) is 3.53. The number of aryl methyl sites for hydroxylation is 1. The highest BCUT2D eigenvalue weighted by molar-refractivity contribution is 6.08. The van der Waals surface area contributed by atoms with E-state index in [-0.39, 0.29) is 28.9 Å². The number of alkyl halides is 2. The summed E-state index contributed by atoms with van der Waals surface area (Å²) in [6, 6.07) is 6.59. The maximum absolute atomic E-state index is 14.2. The third-order valence-electron chi connectivity index (χ3n) is 11.4. The van der Waals surface area contributed by atoms with Crippen LogP contribution in [0.5, 0.6) is 0 Å². The van der Waals surface area contributed by atoms with Gasteiger partial charge < -0.3 is 30.7 Å². The maximum atomic E-state index is 14.2. The van der Waals surface area contributed by atoms with Gasteiger partial charge in [0.2, 0.25) is 5.91 Å². The summed E-state index contributed by atoms with van der Waals surface area (Å²) in [5.74, 6) is 6.62. The van der Waals surface area contributed by atoms with Crippen LogP contribution in [-0.2, 0) is 16.6 Å². The monoisotopic (exact) mass is 799 g/mol. The molecule has 2 amide bonds. The second-order valence-corrected chi connectivity index (χ2v) is 15.2. The first-order valence-electron chi connectivity index (χ1n) is 19.9. The fraction of sp³-hybridized carbons (Fsp3) is 0.500. The maximum Gasteiger partial charge on any atom is 0.329 e. The van der Waals surface area contributed by atoms with E-state index in [9.17, 15) is 28.3 Å². The molecular weight excluding hydrogens is 753 g/mol. The van der Waals surface area contributed by atoms with Crippen LogP contribution in [0.3, 0.4) is 0 Å². The fourth-order valence-corrected chi connectivity index (χ4v) is 8.27. The van der Waals surface area contributed by atoms with Gasteiger partial charge in [-0.1, -0.05) is 17.9 Å². The number of piperidine rings is 1. The number of fused-ring (bicyclic) bond motifs is 2. The van der Waals surface area contributed by atoms with Gasteiger partial charge in [-0.15, -0.1) is 0 Å². The molecule has 3 aliphatic rings. The van der Waals surface area contributed by atoms with Gasteiger partial charge in [-0.05, 0) is 82.2 Å². The largest absolute Gasteiger partial charge is 0.378 e. The van der Waals surface area contributed by atoms with Crippen LogP contribution in [0, 0.1) is 17.8 Å². The summed E-state index contributed by atoms with van der Waals surface area (Å²) in [5.41, 5.74) is 1.75. The van der Waals surface area contributed by atoms with Crippen LogP contribution in [0.25, 0.3) is 16.7 Å². The Morgan fingerprint density at radius 2 is 1.91 bits per heavy atom. The van der Waals surface area contributed by atoms with E-state index in [0.717, 1.165) is 45.2 Å². The number of imidazole rings is 1. The summed E-state index contributed by atoms with van der Waals surface area (Å²) >= 11 is 0. The van der Waals surface area contributed by atoms with Crippen LogP contribution in [0.2, 0.25) is 0 Å². The molecule has 6 heterocycles. The van der Waals surface area contributed by atoms with Crippen molar-refractivity contribution in [2.45, 2.75) is 76.1 Å². The molecule has 2 atom stereocenters. The van der Waals surface area contributed by atoms with Gasteiger partial charge in [0.15, 0.2) is 11.3 Å². The minimum atomic E-state index is -2.87. The Bertz CT molecular complexity index is 2410. The Hall–Kier alpha value is -5.64. The Kier molecular flexibility index (Phi) is 11.5. The van der Waals surface area contributed by atoms with E-state index in [1.807, 2.05) is 24.3 Å². The number of amides is 2. The van der Waals surface area contributed by atoms with Crippen molar-refractivity contribution in [1.82, 2.24) is 44.1 Å². The first kappa shape index (κ1) is 39.2. The van der Waals surface area contributed by atoms with Crippen molar-refractivity contribution in [3.8, 4) is 11.8 Å². The first-order chi connectivity index (χ1) is 28.2. The van der Waals surface area contributed by atoms with E-state index in [4.69, 9.17) is 4.74 Å². The summed E-state index contributed by atoms with van der Waals surface area (Å²) in [6.45, 7) is 4.13. The van der Waals surface area contributed by atoms with E-state index in [2.05, 4.69) is 47.9 Å². The number of rotatable bonds is 11. The number of halogens is 2. The second-order valence-electron chi connectivity index (χ2n) is 15.2. The van der Waals surface area contributed by atoms with Gasteiger partial charge in [0.25, 0.3) is 12.3 Å². The molecule has 3 fully saturated rings. The highest BCUT2D eigenvalue weighted by atomic mass is 19.3. The molecule has 0 radical (unpaired) electrons. The molecule has 1 aliphatic carbocycles. The number of unbranched alkanes of at least 4 members (excludes halogenated alkanes) is 1. The molecule has 58 heavy (non-hydrogen) atoms. The summed E-state index contributed by atoms with van der Waals surface area (Å²) in [4.78, 5) is 45.9. The number of anilines is 2. The quantitative estimate of drug-likeness (QED) is 0.114. The van der Waals surface area contributed by atoms with Crippen LogP contribution in [0.15, 0.2) is 47.7 Å². The van der Waals surface area contributed by atoms with E-state index < -0.39 is 30.3 Å². The van der Waals surface area contributed by atoms with Gasteiger partial charge in [0.05, 0.1) is 47.7 Å². The number of aliphatic hydroxyl groups excluding tert-OH is 1. The molecule has 8 rings (SSSR count). The number of aliphatic hydroxyl groups is 1. The lowest BCUT2D eigenvalue weighted by Gasteiger charge is -2.28. The molecule has 5 aromatic rings. The summed E-state index contributed by atoms with van der Waals surface area (Å²) < 4.78 is 39.9. The predicted molar refractivity (Wildman–Crippen MR) is 211 cm³/mol. The second kappa shape index (κ2) is 17.1. The Balaban J connectivity index is 0.816. The topological polar surface area (TPSA) is 178 Å². The lowest BCUT2D eigenvalue weighted by molar-refractivity contribution is -0.130. The highest BCUT2D eigenvalue weighted by Gasteiger charge is 2.32. The normalized spacial score (nSPS) is 21.3. The molecule has 2 saturated heterocycles. The molecular formula is C40H47F2N11O5. The number of ether oxygens (including phenoxy) is 1. The molecule has 0 spiro atoms. The number of carbonyl (C=O) groups excluding carboxylic acids is 2. The molecule has 1 aromatic carbocycles. The zero-order valence-corrected chi connectivity index (χ0v) is 32.2. The van der Waals surface area contributed by atoms with Gasteiger partial charge in [-0.25, -0.2) is 23.1 Å². The Labute approximate surface area is 332 Å². The molecule has 4 N–H and O–H groups in total. The third kappa shape index (κ3) is 8.06. The number of morpholine rings is 1.